The van der Waals surface area contributed by atoms with Crippen molar-refractivity contribution in [2.75, 3.05) is 0 Å². The molecule has 0 spiro atoms. The quantitative estimate of drug-likeness (QED) is 0.493. The highest BCUT2D eigenvalue weighted by Crippen LogP contribution is 2.17. The first-order valence-electron chi connectivity index (χ1n) is 3.41. The third-order valence-electron chi connectivity index (χ3n) is 1.47. The molecule has 0 fully saturated rings. The number of nitrogens with zero attached hydrogens (tertiary/aromatic N) is 1. The van der Waals surface area contributed by atoms with Gasteiger partial charge in [-0.1, -0.05) is 19.0 Å². The van der Waals surface area contributed by atoms with Crippen LogP contribution in [0.3, 0.4) is 0 Å². The molecule has 0 aliphatic rings. The third-order valence-corrected chi connectivity index (χ3v) is 1.47. The lowest BCUT2D eigenvalue weighted by molar-refractivity contribution is 0.417. The normalized spacial score (nSPS) is 10.5. The van der Waals surface area contributed by atoms with E-state index in [1.165, 1.54) is 6.26 Å². The second kappa shape index (κ2) is 2.74. The fourth-order valence-electron chi connectivity index (χ4n) is 0.859. The number of nitrogens with one attached hydrogen (secondary N) is 1. The number of rotatable bonds is 2. The molecule has 0 unspecified atom stereocenters. The first kappa shape index (κ1) is 7.78. The van der Waals surface area contributed by atoms with E-state index in [1.54, 1.807) is 0 Å². The van der Waals surface area contributed by atoms with Crippen LogP contribution < -0.4 is 5.73 Å². The summed E-state index contributed by atoms with van der Waals surface area (Å²) in [6, 6.07) is 0. The first-order valence-corrected chi connectivity index (χ1v) is 3.41. The smallest absolute Gasteiger partial charge is 0.151 e. The molecule has 0 saturated carbocycles. The van der Waals surface area contributed by atoms with Crippen molar-refractivity contribution in [2.45, 2.75) is 19.8 Å². The molecule has 0 aliphatic heterocycles. The zero-order chi connectivity index (χ0) is 8.43. The molecule has 11 heavy (non-hydrogen) atoms. The van der Waals surface area contributed by atoms with E-state index >= 15 is 0 Å². The van der Waals surface area contributed by atoms with Crippen LogP contribution in [0.15, 0.2) is 10.8 Å². The Kier molecular flexibility index (Phi) is 1.94. The summed E-state index contributed by atoms with van der Waals surface area (Å²) in [5.74, 6) is 0.252. The molecule has 1 rings (SSSR count). The lowest BCUT2D eigenvalue weighted by atomic mass is 10.0. The van der Waals surface area contributed by atoms with Crippen molar-refractivity contribution < 1.29 is 4.52 Å². The van der Waals surface area contributed by atoms with Gasteiger partial charge in [-0.15, -0.1) is 0 Å². The molecule has 0 saturated heterocycles. The molecule has 0 amide bonds. The molecule has 4 heteroatoms. The van der Waals surface area contributed by atoms with Gasteiger partial charge in [-0.3, -0.25) is 5.41 Å². The maximum atomic E-state index is 7.14. The minimum Gasteiger partial charge on any atom is -0.382 e. The largest absolute Gasteiger partial charge is 0.382 e. The molecular formula is C7H11N3O. The van der Waals surface area contributed by atoms with Gasteiger partial charge in [0.25, 0.3) is 0 Å². The highest BCUT2D eigenvalue weighted by Gasteiger charge is 2.12. The Morgan fingerprint density at radius 3 is 2.73 bits per heavy atom. The van der Waals surface area contributed by atoms with E-state index in [2.05, 4.69) is 5.16 Å². The van der Waals surface area contributed by atoms with Gasteiger partial charge in [0, 0.05) is 5.56 Å². The summed E-state index contributed by atoms with van der Waals surface area (Å²) in [5.41, 5.74) is 6.60. The SMILES string of the molecule is CC(C)c1conc1C(=N)N. The third kappa shape index (κ3) is 1.39. The van der Waals surface area contributed by atoms with Crippen molar-refractivity contribution in [3.8, 4) is 0 Å². The van der Waals surface area contributed by atoms with E-state index in [0.717, 1.165) is 5.56 Å². The Hall–Kier alpha value is -1.32. The summed E-state index contributed by atoms with van der Waals surface area (Å²) in [6.45, 7) is 4.00. The van der Waals surface area contributed by atoms with Gasteiger partial charge in [-0.05, 0) is 5.92 Å². The molecule has 0 radical (unpaired) electrons. The van der Waals surface area contributed by atoms with Crippen LogP contribution in [0.25, 0.3) is 0 Å². The fraction of sp³-hybridized carbons (Fsp3) is 0.429. The number of hydrogen-bond donors (Lipinski definition) is 2. The van der Waals surface area contributed by atoms with Crippen LogP contribution in [0.2, 0.25) is 0 Å². The number of nitrogen functional groups attached to an aromatic ring is 1. The van der Waals surface area contributed by atoms with Crippen LogP contribution >= 0.6 is 0 Å². The van der Waals surface area contributed by atoms with Gasteiger partial charge >= 0.3 is 0 Å². The summed E-state index contributed by atoms with van der Waals surface area (Å²) in [7, 11) is 0. The second-order valence-corrected chi connectivity index (χ2v) is 2.69. The topological polar surface area (TPSA) is 75.9 Å². The van der Waals surface area contributed by atoms with Gasteiger partial charge in [-0.2, -0.15) is 0 Å². The highest BCUT2D eigenvalue weighted by atomic mass is 16.5. The molecule has 0 bridgehead atoms. The summed E-state index contributed by atoms with van der Waals surface area (Å²) < 4.78 is 4.70. The second-order valence-electron chi connectivity index (χ2n) is 2.69. The summed E-state index contributed by atoms with van der Waals surface area (Å²) in [4.78, 5) is 0. The Morgan fingerprint density at radius 2 is 2.36 bits per heavy atom. The number of amidine groups is 1. The van der Waals surface area contributed by atoms with Crippen LogP contribution in [-0.4, -0.2) is 11.0 Å². The van der Waals surface area contributed by atoms with Gasteiger partial charge in [0.1, 0.15) is 12.1 Å². The maximum Gasteiger partial charge on any atom is 0.151 e. The average Bonchev–Trinajstić information content (AvgIpc) is 2.32. The van der Waals surface area contributed by atoms with Gasteiger partial charge in [-0.25, -0.2) is 0 Å². The predicted octanol–water partition coefficient (Wildman–Crippen LogP) is 1.08. The minimum atomic E-state index is -0.0394. The van der Waals surface area contributed by atoms with E-state index in [1.807, 2.05) is 13.8 Å². The zero-order valence-electron chi connectivity index (χ0n) is 6.59. The molecule has 4 nitrogen and oxygen atoms in total. The molecule has 3 N–H and O–H groups in total. The van der Waals surface area contributed by atoms with Crippen molar-refractivity contribution in [1.82, 2.24) is 5.16 Å². The van der Waals surface area contributed by atoms with E-state index in [4.69, 9.17) is 15.7 Å². The monoisotopic (exact) mass is 153 g/mol. The Balaban J connectivity index is 3.06. The first-order chi connectivity index (χ1) is 5.13. The fourth-order valence-corrected chi connectivity index (χ4v) is 0.859. The molecule has 0 aromatic carbocycles. The van der Waals surface area contributed by atoms with Gasteiger partial charge in [0.2, 0.25) is 0 Å². The number of aromatic nitrogens is 1. The molecular weight excluding hydrogens is 142 g/mol. The van der Waals surface area contributed by atoms with Gasteiger partial charge in [0.15, 0.2) is 5.69 Å². The van der Waals surface area contributed by atoms with Crippen molar-refractivity contribution in [3.63, 3.8) is 0 Å². The Bertz CT molecular complexity index is 264. The van der Waals surface area contributed by atoms with Crippen LogP contribution in [0, 0.1) is 5.41 Å². The highest BCUT2D eigenvalue weighted by molar-refractivity contribution is 5.94. The van der Waals surface area contributed by atoms with Crippen molar-refractivity contribution in [3.05, 3.63) is 17.5 Å². The lowest BCUT2D eigenvalue weighted by Gasteiger charge is -2.00. The summed E-state index contributed by atoms with van der Waals surface area (Å²) >= 11 is 0. The molecule has 1 heterocycles. The van der Waals surface area contributed by atoms with Crippen molar-refractivity contribution in [1.29, 1.82) is 5.41 Å². The van der Waals surface area contributed by atoms with Gasteiger partial charge < -0.3 is 10.3 Å². The summed E-state index contributed by atoms with van der Waals surface area (Å²) in [5, 5.41) is 10.8. The number of nitrogens with two attached hydrogens (primary N) is 1. The zero-order valence-corrected chi connectivity index (χ0v) is 6.59. The number of hydrogen-bond acceptors (Lipinski definition) is 3. The molecule has 1 aromatic heterocycles. The average molecular weight is 153 g/mol. The minimum absolute atomic E-state index is 0.0394. The standard InChI is InChI=1S/C7H11N3O/c1-4(2)5-3-11-10-6(5)7(8)9/h3-4H,1-2H3,(H3,8,9). The van der Waals surface area contributed by atoms with E-state index in [9.17, 15) is 0 Å². The molecule has 60 valence electrons. The van der Waals surface area contributed by atoms with E-state index in [0.29, 0.717) is 11.6 Å². The lowest BCUT2D eigenvalue weighted by Crippen LogP contribution is -2.14. The molecule has 0 aliphatic carbocycles. The van der Waals surface area contributed by atoms with Crippen LogP contribution in [0.5, 0.6) is 0 Å². The van der Waals surface area contributed by atoms with E-state index in [-0.39, 0.29) is 5.84 Å². The van der Waals surface area contributed by atoms with Crippen LogP contribution in [-0.2, 0) is 0 Å². The molecule has 1 aromatic rings. The van der Waals surface area contributed by atoms with Crippen LogP contribution in [0.4, 0.5) is 0 Å². The van der Waals surface area contributed by atoms with Gasteiger partial charge in [0.05, 0.1) is 0 Å². The Labute approximate surface area is 64.9 Å². The van der Waals surface area contributed by atoms with E-state index < -0.39 is 0 Å². The van der Waals surface area contributed by atoms with Crippen LogP contribution in [0.1, 0.15) is 31.0 Å². The molecule has 0 atom stereocenters. The maximum absolute atomic E-state index is 7.14. The Morgan fingerprint density at radius 1 is 1.73 bits per heavy atom. The summed E-state index contributed by atoms with van der Waals surface area (Å²) in [6.07, 6.45) is 1.53. The predicted molar refractivity (Wildman–Crippen MR) is 41.6 cm³/mol. The van der Waals surface area contributed by atoms with Crippen molar-refractivity contribution >= 4 is 5.84 Å². The van der Waals surface area contributed by atoms with Crippen molar-refractivity contribution in [2.24, 2.45) is 5.73 Å².